The van der Waals surface area contributed by atoms with Crippen molar-refractivity contribution in [2.45, 2.75) is 25.0 Å². The lowest BCUT2D eigenvalue weighted by molar-refractivity contribution is -0.159. The van der Waals surface area contributed by atoms with E-state index in [4.69, 9.17) is 9.47 Å². The van der Waals surface area contributed by atoms with Gasteiger partial charge in [0.25, 0.3) is 0 Å². The molecule has 2 aromatic carbocycles. The maximum Gasteiger partial charge on any atom is 0.333 e. The van der Waals surface area contributed by atoms with Gasteiger partial charge < -0.3 is 14.8 Å². The van der Waals surface area contributed by atoms with Crippen molar-refractivity contribution in [3.05, 3.63) is 60.2 Å². The number of nitrogens with one attached hydrogen (secondary N) is 1. The number of carbonyl (C=O) groups excluding carboxylic acids is 1. The van der Waals surface area contributed by atoms with E-state index in [1.807, 2.05) is 54.6 Å². The predicted octanol–water partition coefficient (Wildman–Crippen LogP) is 3.49. The zero-order valence-corrected chi connectivity index (χ0v) is 15.6. The van der Waals surface area contributed by atoms with Crippen molar-refractivity contribution < 1.29 is 14.3 Å². The molecule has 0 aromatic heterocycles. The first-order chi connectivity index (χ1) is 13.2. The quantitative estimate of drug-likeness (QED) is 0.793. The zero-order valence-electron chi connectivity index (χ0n) is 15.6. The summed E-state index contributed by atoms with van der Waals surface area (Å²) in [6.07, 6.45) is 2.23. The fourth-order valence-corrected chi connectivity index (χ4v) is 4.10. The van der Waals surface area contributed by atoms with Crippen LogP contribution in [0.4, 0.5) is 5.69 Å². The second-order valence-electron chi connectivity index (χ2n) is 7.30. The number of methoxy groups -OCH3 is 1. The average molecular weight is 366 g/mol. The summed E-state index contributed by atoms with van der Waals surface area (Å²) in [5, 5.41) is 3.34. The van der Waals surface area contributed by atoms with E-state index in [0.717, 1.165) is 43.7 Å². The summed E-state index contributed by atoms with van der Waals surface area (Å²) >= 11 is 0. The molecule has 5 heteroatoms. The zero-order chi connectivity index (χ0) is 18.6. The topological polar surface area (TPSA) is 50.8 Å². The number of carbonyl (C=O) groups is 1. The van der Waals surface area contributed by atoms with E-state index in [9.17, 15) is 4.79 Å². The number of ether oxygens (including phenoxy) is 2. The number of anilines is 1. The molecule has 2 bridgehead atoms. The van der Waals surface area contributed by atoms with Crippen molar-refractivity contribution in [3.63, 3.8) is 0 Å². The molecule has 2 atom stereocenters. The van der Waals surface area contributed by atoms with E-state index < -0.39 is 6.04 Å². The van der Waals surface area contributed by atoms with Crippen LogP contribution in [-0.2, 0) is 9.53 Å². The van der Waals surface area contributed by atoms with Crippen LogP contribution in [-0.4, -0.2) is 43.7 Å². The Morgan fingerprint density at radius 2 is 1.78 bits per heavy atom. The molecule has 0 amide bonds. The highest BCUT2D eigenvalue weighted by Gasteiger charge is 2.38. The summed E-state index contributed by atoms with van der Waals surface area (Å²) in [5.74, 6) is 0.960. The molecule has 0 saturated carbocycles. The summed E-state index contributed by atoms with van der Waals surface area (Å²) in [4.78, 5) is 15.5. The van der Waals surface area contributed by atoms with Crippen molar-refractivity contribution in [1.82, 2.24) is 4.90 Å². The molecule has 3 aliphatic rings. The first-order valence-corrected chi connectivity index (χ1v) is 9.62. The molecular weight excluding hydrogens is 340 g/mol. The van der Waals surface area contributed by atoms with E-state index in [-0.39, 0.29) is 12.1 Å². The molecule has 1 N–H and O–H groups in total. The fourth-order valence-electron chi connectivity index (χ4n) is 4.10. The maximum absolute atomic E-state index is 13.1. The number of benzene rings is 2. The Morgan fingerprint density at radius 3 is 2.44 bits per heavy atom. The Bertz CT molecular complexity index is 772. The van der Waals surface area contributed by atoms with Gasteiger partial charge in [-0.05, 0) is 49.5 Å². The van der Waals surface area contributed by atoms with Gasteiger partial charge in [-0.2, -0.15) is 0 Å². The standard InChI is InChI=1S/C22H26N2O3/c1-26-19-10-6-5-9-18(19)23-21(17-7-3-2-4-8-17)22(25)27-20-15-24-13-11-16(20)12-14-24/h2-10,16,20-21,23H,11-15H2,1H3/t20-,21?/m0/s1. The van der Waals surface area contributed by atoms with Crippen molar-refractivity contribution >= 4 is 11.7 Å². The molecule has 1 unspecified atom stereocenters. The fraction of sp³-hybridized carbons (Fsp3) is 0.409. The molecule has 3 heterocycles. The minimum Gasteiger partial charge on any atom is -0.495 e. The number of piperidine rings is 3. The molecule has 0 aliphatic carbocycles. The van der Waals surface area contributed by atoms with Gasteiger partial charge in [-0.3, -0.25) is 4.90 Å². The second-order valence-corrected chi connectivity index (χ2v) is 7.30. The summed E-state index contributed by atoms with van der Waals surface area (Å²) in [6.45, 7) is 3.10. The second kappa shape index (κ2) is 8.01. The van der Waals surface area contributed by atoms with E-state index in [0.29, 0.717) is 11.7 Å². The molecule has 3 fully saturated rings. The summed E-state index contributed by atoms with van der Waals surface area (Å²) in [5.41, 5.74) is 1.66. The lowest BCUT2D eigenvalue weighted by Gasteiger charge is -2.44. The van der Waals surface area contributed by atoms with Gasteiger partial charge in [-0.1, -0.05) is 42.5 Å². The Hall–Kier alpha value is -2.53. The third-order valence-corrected chi connectivity index (χ3v) is 5.64. The molecule has 5 nitrogen and oxygen atoms in total. The highest BCUT2D eigenvalue weighted by atomic mass is 16.5. The highest BCUT2D eigenvalue weighted by Crippen LogP contribution is 2.32. The largest absolute Gasteiger partial charge is 0.495 e. The Balaban J connectivity index is 1.55. The van der Waals surface area contributed by atoms with Gasteiger partial charge in [0.1, 0.15) is 11.9 Å². The summed E-state index contributed by atoms with van der Waals surface area (Å²) in [6, 6.07) is 16.8. The Morgan fingerprint density at radius 1 is 1.07 bits per heavy atom. The van der Waals surface area contributed by atoms with Crippen LogP contribution in [0.2, 0.25) is 0 Å². The normalized spacial score (nSPS) is 24.9. The lowest BCUT2D eigenvalue weighted by Crippen LogP contribution is -2.52. The maximum atomic E-state index is 13.1. The van der Waals surface area contributed by atoms with Crippen LogP contribution in [0.5, 0.6) is 5.75 Å². The number of fused-ring (bicyclic) bond motifs is 3. The van der Waals surface area contributed by atoms with Crippen molar-refractivity contribution in [1.29, 1.82) is 0 Å². The molecule has 27 heavy (non-hydrogen) atoms. The van der Waals surface area contributed by atoms with E-state index in [2.05, 4.69) is 10.2 Å². The minimum atomic E-state index is -0.571. The first kappa shape index (κ1) is 17.9. The van der Waals surface area contributed by atoms with E-state index >= 15 is 0 Å². The first-order valence-electron chi connectivity index (χ1n) is 9.62. The number of para-hydroxylation sites is 2. The molecule has 142 valence electrons. The number of hydrogen-bond donors (Lipinski definition) is 1. The SMILES string of the molecule is COc1ccccc1NC(C(=O)O[C@H]1CN2CCC1CC2)c1ccccc1. The van der Waals surface area contributed by atoms with Crippen molar-refractivity contribution in [3.8, 4) is 5.75 Å². The van der Waals surface area contributed by atoms with Crippen LogP contribution < -0.4 is 10.1 Å². The van der Waals surface area contributed by atoms with Gasteiger partial charge in [0.2, 0.25) is 0 Å². The molecule has 3 aliphatic heterocycles. The van der Waals surface area contributed by atoms with Crippen molar-refractivity contribution in [2.24, 2.45) is 5.92 Å². The number of rotatable bonds is 6. The molecule has 0 radical (unpaired) electrons. The van der Waals surface area contributed by atoms with Crippen LogP contribution in [0, 0.1) is 5.92 Å². The average Bonchev–Trinajstić information content (AvgIpc) is 2.73. The van der Waals surface area contributed by atoms with Crippen LogP contribution in [0.1, 0.15) is 24.4 Å². The van der Waals surface area contributed by atoms with Crippen molar-refractivity contribution in [2.75, 3.05) is 32.1 Å². The molecule has 2 aromatic rings. The van der Waals surface area contributed by atoms with E-state index in [1.54, 1.807) is 7.11 Å². The van der Waals surface area contributed by atoms with E-state index in [1.165, 1.54) is 0 Å². The summed E-state index contributed by atoms with van der Waals surface area (Å²) in [7, 11) is 1.63. The lowest BCUT2D eigenvalue weighted by atomic mass is 9.86. The Labute approximate surface area is 160 Å². The third kappa shape index (κ3) is 3.93. The van der Waals surface area contributed by atoms with Gasteiger partial charge in [-0.15, -0.1) is 0 Å². The predicted molar refractivity (Wildman–Crippen MR) is 105 cm³/mol. The number of esters is 1. The Kier molecular flexibility index (Phi) is 5.30. The van der Waals surface area contributed by atoms with Crippen LogP contribution in [0.3, 0.4) is 0 Å². The third-order valence-electron chi connectivity index (χ3n) is 5.64. The molecule has 3 saturated heterocycles. The van der Waals surface area contributed by atoms with Crippen LogP contribution in [0.15, 0.2) is 54.6 Å². The minimum absolute atomic E-state index is 0.00863. The number of hydrogen-bond acceptors (Lipinski definition) is 5. The molecule has 5 rings (SSSR count). The highest BCUT2D eigenvalue weighted by molar-refractivity contribution is 5.82. The van der Waals surface area contributed by atoms with Gasteiger partial charge >= 0.3 is 5.97 Å². The van der Waals surface area contributed by atoms with Crippen LogP contribution in [0.25, 0.3) is 0 Å². The van der Waals surface area contributed by atoms with Crippen LogP contribution >= 0.6 is 0 Å². The monoisotopic (exact) mass is 366 g/mol. The smallest absolute Gasteiger partial charge is 0.333 e. The molecule has 0 spiro atoms. The van der Waals surface area contributed by atoms with Gasteiger partial charge in [0, 0.05) is 6.54 Å². The molecular formula is C22H26N2O3. The van der Waals surface area contributed by atoms with Gasteiger partial charge in [0.05, 0.1) is 12.8 Å². The summed E-state index contributed by atoms with van der Waals surface area (Å²) < 4.78 is 11.4. The van der Waals surface area contributed by atoms with Gasteiger partial charge in [0.15, 0.2) is 6.04 Å². The van der Waals surface area contributed by atoms with Gasteiger partial charge in [-0.25, -0.2) is 4.79 Å². The number of nitrogens with zero attached hydrogens (tertiary/aromatic N) is 1.